The lowest BCUT2D eigenvalue weighted by atomic mass is 9.98. The number of rotatable bonds is 8. The van der Waals surface area contributed by atoms with Crippen LogP contribution in [0.15, 0.2) is 97.1 Å². The van der Waals surface area contributed by atoms with E-state index in [1.54, 1.807) is 0 Å². The van der Waals surface area contributed by atoms with E-state index in [0.717, 1.165) is 44.7 Å². The van der Waals surface area contributed by atoms with Gasteiger partial charge in [-0.2, -0.15) is 0 Å². The van der Waals surface area contributed by atoms with E-state index in [2.05, 4.69) is 17.4 Å². The monoisotopic (exact) mass is 535 g/mol. The number of carboxylic acid groups (broad SMARTS) is 1. The average Bonchev–Trinajstić information content (AvgIpc) is 3.25. The highest BCUT2D eigenvalue weighted by Gasteiger charge is 2.29. The smallest absolute Gasteiger partial charge is 0.407 e. The molecule has 0 fully saturated rings. The molecule has 204 valence electrons. The maximum absolute atomic E-state index is 12.7. The molecule has 4 aromatic carbocycles. The highest BCUT2D eigenvalue weighted by Crippen LogP contribution is 2.44. The Morgan fingerprint density at radius 3 is 2.05 bits per heavy atom. The highest BCUT2D eigenvalue weighted by atomic mass is 16.5. The van der Waals surface area contributed by atoms with Crippen molar-refractivity contribution in [1.29, 1.82) is 0 Å². The first kappa shape index (κ1) is 27.0. The van der Waals surface area contributed by atoms with Crippen LogP contribution in [-0.4, -0.2) is 35.4 Å². The minimum absolute atomic E-state index is 0.0960. The molecule has 0 saturated carbocycles. The lowest BCUT2D eigenvalue weighted by Gasteiger charge is -2.21. The fourth-order valence-corrected chi connectivity index (χ4v) is 5.14. The number of carboxylic acids is 1. The number of alkyl carbamates (subject to hydrolysis) is 1. The summed E-state index contributed by atoms with van der Waals surface area (Å²) in [6.07, 6.45) is -0.617. The van der Waals surface area contributed by atoms with Crippen molar-refractivity contribution in [2.75, 3.05) is 6.61 Å². The summed E-state index contributed by atoms with van der Waals surface area (Å²) in [6.45, 7) is 6.14. The summed E-state index contributed by atoms with van der Waals surface area (Å²) in [6, 6.07) is 30.5. The maximum atomic E-state index is 12.7. The van der Waals surface area contributed by atoms with Crippen LogP contribution in [0.5, 0.6) is 5.75 Å². The molecular weight excluding hydrogens is 502 g/mol. The Balaban J connectivity index is 1.21. The molecule has 0 saturated heterocycles. The Hall–Kier alpha value is -4.58. The second kappa shape index (κ2) is 11.3. The number of carbonyl (C=O) groups is 2. The number of amides is 1. The molecule has 1 aliphatic rings. The third kappa shape index (κ3) is 6.18. The number of aliphatic carboxylic acids is 1. The molecule has 2 N–H and O–H groups in total. The van der Waals surface area contributed by atoms with Gasteiger partial charge in [-0.25, -0.2) is 9.59 Å². The van der Waals surface area contributed by atoms with Gasteiger partial charge in [-0.1, -0.05) is 84.9 Å². The molecular formula is C34H33NO5. The number of hydrogen-bond acceptors (Lipinski definition) is 4. The molecule has 0 heterocycles. The third-order valence-corrected chi connectivity index (χ3v) is 6.92. The van der Waals surface area contributed by atoms with Crippen molar-refractivity contribution >= 4 is 12.1 Å². The van der Waals surface area contributed by atoms with E-state index < -0.39 is 18.1 Å². The van der Waals surface area contributed by atoms with E-state index >= 15 is 0 Å². The molecule has 0 aromatic heterocycles. The van der Waals surface area contributed by atoms with Gasteiger partial charge in [0.25, 0.3) is 0 Å². The summed E-state index contributed by atoms with van der Waals surface area (Å²) in [4.78, 5) is 24.7. The van der Waals surface area contributed by atoms with E-state index in [9.17, 15) is 14.7 Å². The standard InChI is InChI=1S/C34H33NO5/c1-34(2,3)40-25-10-8-9-24(20-25)23-17-15-22(16-18-23)19-31(32(36)37)35-33(38)39-21-30-28-13-6-4-11-26(28)27-12-5-7-14-29(27)30/h4-18,20,30-31H,19,21H2,1-3H3,(H,35,38)(H,36,37). The number of carbonyl (C=O) groups excluding carboxylic acids is 1. The average molecular weight is 536 g/mol. The summed E-state index contributed by atoms with van der Waals surface area (Å²) in [5.41, 5.74) is 6.94. The molecule has 0 radical (unpaired) electrons. The largest absolute Gasteiger partial charge is 0.488 e. The Morgan fingerprint density at radius 1 is 0.825 bits per heavy atom. The van der Waals surface area contributed by atoms with Crippen molar-refractivity contribution in [1.82, 2.24) is 5.32 Å². The molecule has 5 rings (SSSR count). The first-order valence-corrected chi connectivity index (χ1v) is 13.4. The van der Waals surface area contributed by atoms with Crippen LogP contribution in [0.4, 0.5) is 4.79 Å². The van der Waals surface area contributed by atoms with Crippen molar-refractivity contribution in [2.24, 2.45) is 0 Å². The molecule has 6 heteroatoms. The predicted octanol–water partition coefficient (Wildman–Crippen LogP) is 7.07. The van der Waals surface area contributed by atoms with Crippen LogP contribution >= 0.6 is 0 Å². The molecule has 1 aliphatic carbocycles. The zero-order valence-electron chi connectivity index (χ0n) is 22.9. The second-order valence-corrected chi connectivity index (χ2v) is 11.0. The van der Waals surface area contributed by atoms with Crippen LogP contribution in [0, 0.1) is 0 Å². The van der Waals surface area contributed by atoms with Gasteiger partial charge in [0.15, 0.2) is 0 Å². The van der Waals surface area contributed by atoms with Gasteiger partial charge in [0.05, 0.1) is 0 Å². The minimum Gasteiger partial charge on any atom is -0.488 e. The summed E-state index contributed by atoms with van der Waals surface area (Å²) in [5.74, 6) is -0.432. The third-order valence-electron chi connectivity index (χ3n) is 6.92. The maximum Gasteiger partial charge on any atom is 0.407 e. The van der Waals surface area contributed by atoms with Crippen molar-refractivity contribution in [2.45, 2.75) is 44.8 Å². The SMILES string of the molecule is CC(C)(C)Oc1cccc(-c2ccc(CC(NC(=O)OCC3c4ccccc4-c4ccccc43)C(=O)O)cc2)c1. The van der Waals surface area contributed by atoms with Gasteiger partial charge in [-0.3, -0.25) is 0 Å². The Kier molecular flexibility index (Phi) is 7.60. The minimum atomic E-state index is -1.12. The zero-order chi connectivity index (χ0) is 28.3. The number of benzene rings is 4. The normalized spacial score (nSPS) is 13.2. The van der Waals surface area contributed by atoms with E-state index in [-0.39, 0.29) is 24.5 Å². The predicted molar refractivity (Wildman–Crippen MR) is 156 cm³/mol. The van der Waals surface area contributed by atoms with Gasteiger partial charge in [0.2, 0.25) is 0 Å². The van der Waals surface area contributed by atoms with Crippen LogP contribution in [0.2, 0.25) is 0 Å². The fourth-order valence-electron chi connectivity index (χ4n) is 5.14. The van der Waals surface area contributed by atoms with Gasteiger partial charge in [0.1, 0.15) is 24.0 Å². The van der Waals surface area contributed by atoms with Crippen LogP contribution in [0.25, 0.3) is 22.3 Å². The Labute approximate surface area is 234 Å². The molecule has 0 spiro atoms. The number of nitrogens with one attached hydrogen (secondary N) is 1. The lowest BCUT2D eigenvalue weighted by Crippen LogP contribution is -2.42. The summed E-state index contributed by atoms with van der Waals surface area (Å²) >= 11 is 0. The molecule has 1 atom stereocenters. The van der Waals surface area contributed by atoms with Crippen LogP contribution < -0.4 is 10.1 Å². The van der Waals surface area contributed by atoms with E-state index in [4.69, 9.17) is 9.47 Å². The topological polar surface area (TPSA) is 84.9 Å². The lowest BCUT2D eigenvalue weighted by molar-refractivity contribution is -0.139. The van der Waals surface area contributed by atoms with Crippen LogP contribution in [0.1, 0.15) is 43.4 Å². The molecule has 1 amide bonds. The number of hydrogen-bond donors (Lipinski definition) is 2. The second-order valence-electron chi connectivity index (χ2n) is 11.0. The van der Waals surface area contributed by atoms with E-state index in [0.29, 0.717) is 0 Å². The molecule has 4 aromatic rings. The van der Waals surface area contributed by atoms with Crippen molar-refractivity contribution < 1.29 is 24.2 Å². The number of fused-ring (bicyclic) bond motifs is 3. The van der Waals surface area contributed by atoms with Crippen molar-refractivity contribution in [3.8, 4) is 28.0 Å². The van der Waals surface area contributed by atoms with Gasteiger partial charge in [-0.05, 0) is 71.8 Å². The van der Waals surface area contributed by atoms with Gasteiger partial charge < -0.3 is 19.9 Å². The van der Waals surface area contributed by atoms with Crippen molar-refractivity contribution in [3.05, 3.63) is 114 Å². The van der Waals surface area contributed by atoms with Crippen LogP contribution in [0.3, 0.4) is 0 Å². The quantitative estimate of drug-likeness (QED) is 0.252. The highest BCUT2D eigenvalue weighted by molar-refractivity contribution is 5.81. The zero-order valence-corrected chi connectivity index (χ0v) is 22.9. The van der Waals surface area contributed by atoms with Gasteiger partial charge in [-0.15, -0.1) is 0 Å². The van der Waals surface area contributed by atoms with Gasteiger partial charge >= 0.3 is 12.1 Å². The van der Waals surface area contributed by atoms with E-state index in [1.807, 2.05) is 106 Å². The molecule has 1 unspecified atom stereocenters. The van der Waals surface area contributed by atoms with Gasteiger partial charge in [0, 0.05) is 12.3 Å². The number of ether oxygens (including phenoxy) is 2. The van der Waals surface area contributed by atoms with E-state index in [1.165, 1.54) is 0 Å². The van der Waals surface area contributed by atoms with Crippen LogP contribution in [-0.2, 0) is 16.0 Å². The fraction of sp³-hybridized carbons (Fsp3) is 0.235. The first-order chi connectivity index (χ1) is 19.2. The molecule has 6 nitrogen and oxygen atoms in total. The molecule has 40 heavy (non-hydrogen) atoms. The summed E-state index contributed by atoms with van der Waals surface area (Å²) in [7, 11) is 0. The summed E-state index contributed by atoms with van der Waals surface area (Å²) in [5, 5.41) is 12.3. The first-order valence-electron chi connectivity index (χ1n) is 13.4. The molecule has 0 bridgehead atoms. The van der Waals surface area contributed by atoms with Crippen molar-refractivity contribution in [3.63, 3.8) is 0 Å². The Bertz CT molecular complexity index is 1470. The Morgan fingerprint density at radius 2 is 1.45 bits per heavy atom. The molecule has 0 aliphatic heterocycles. The summed E-state index contributed by atoms with van der Waals surface area (Å²) < 4.78 is 11.5.